The fraction of sp³-hybridized carbons (Fsp3) is 0.500. The molecular formula is C12H15ClN6. The summed E-state index contributed by atoms with van der Waals surface area (Å²) < 4.78 is 1.98. The Balaban J connectivity index is 1.73. The van der Waals surface area contributed by atoms with Gasteiger partial charge in [0.25, 0.3) is 0 Å². The summed E-state index contributed by atoms with van der Waals surface area (Å²) in [5.74, 6) is 2.67. The van der Waals surface area contributed by atoms with Crippen LogP contribution in [0.15, 0.2) is 12.5 Å². The van der Waals surface area contributed by atoms with Gasteiger partial charge in [-0.25, -0.2) is 19.6 Å². The molecule has 0 spiro atoms. The fourth-order valence-corrected chi connectivity index (χ4v) is 2.40. The Labute approximate surface area is 116 Å². The van der Waals surface area contributed by atoms with Crippen molar-refractivity contribution in [1.29, 1.82) is 0 Å². The van der Waals surface area contributed by atoms with E-state index < -0.39 is 0 Å². The minimum Gasteiger partial charge on any atom is -0.364 e. The highest BCUT2D eigenvalue weighted by Gasteiger charge is 2.22. The van der Waals surface area contributed by atoms with Crippen molar-refractivity contribution in [1.82, 2.24) is 24.7 Å². The van der Waals surface area contributed by atoms with Gasteiger partial charge < -0.3 is 5.32 Å². The molecule has 1 N–H and O–H groups in total. The third-order valence-corrected chi connectivity index (χ3v) is 3.50. The molecule has 0 bridgehead atoms. The van der Waals surface area contributed by atoms with Crippen LogP contribution in [-0.2, 0) is 19.4 Å². The summed E-state index contributed by atoms with van der Waals surface area (Å²) in [5, 5.41) is 8.37. The van der Waals surface area contributed by atoms with Crippen molar-refractivity contribution in [3.8, 4) is 0 Å². The van der Waals surface area contributed by atoms with Crippen molar-refractivity contribution in [2.45, 2.75) is 38.8 Å². The summed E-state index contributed by atoms with van der Waals surface area (Å²) in [6.07, 6.45) is 5.88. The van der Waals surface area contributed by atoms with E-state index in [1.807, 2.05) is 4.68 Å². The highest BCUT2D eigenvalue weighted by atomic mass is 35.5. The predicted octanol–water partition coefficient (Wildman–Crippen LogP) is 1.71. The molecule has 3 rings (SSSR count). The second kappa shape index (κ2) is 5.13. The van der Waals surface area contributed by atoms with E-state index in [2.05, 4.69) is 32.3 Å². The molecule has 3 heterocycles. The monoisotopic (exact) mass is 278 g/mol. The molecule has 1 aliphatic heterocycles. The number of hydrogen-bond acceptors (Lipinski definition) is 5. The van der Waals surface area contributed by atoms with Crippen LogP contribution in [0.4, 0.5) is 5.82 Å². The summed E-state index contributed by atoms with van der Waals surface area (Å²) in [4.78, 5) is 12.5. The van der Waals surface area contributed by atoms with Crippen LogP contribution in [0.2, 0.25) is 5.02 Å². The Bertz CT molecular complexity index is 581. The lowest BCUT2D eigenvalue weighted by Gasteiger charge is -2.24. The second-order valence-corrected chi connectivity index (χ2v) is 4.99. The van der Waals surface area contributed by atoms with Gasteiger partial charge in [0.1, 0.15) is 23.0 Å². The van der Waals surface area contributed by atoms with Gasteiger partial charge >= 0.3 is 0 Å². The Hall–Kier alpha value is -1.69. The minimum atomic E-state index is 0.270. The normalized spacial score (nSPS) is 18.1. The van der Waals surface area contributed by atoms with E-state index in [1.54, 1.807) is 6.20 Å². The van der Waals surface area contributed by atoms with Crippen LogP contribution < -0.4 is 5.32 Å². The van der Waals surface area contributed by atoms with Gasteiger partial charge in [-0.3, -0.25) is 0 Å². The summed E-state index contributed by atoms with van der Waals surface area (Å²) in [5.41, 5.74) is 0. The van der Waals surface area contributed by atoms with Crippen molar-refractivity contribution in [2.75, 3.05) is 5.32 Å². The quantitative estimate of drug-likeness (QED) is 0.926. The summed E-state index contributed by atoms with van der Waals surface area (Å²) >= 11 is 6.05. The first-order valence-corrected chi connectivity index (χ1v) is 6.78. The molecule has 0 aromatic carbocycles. The third kappa shape index (κ3) is 2.53. The van der Waals surface area contributed by atoms with E-state index in [9.17, 15) is 0 Å². The van der Waals surface area contributed by atoms with Gasteiger partial charge in [-0.05, 0) is 6.42 Å². The molecule has 0 amide bonds. The van der Waals surface area contributed by atoms with E-state index in [-0.39, 0.29) is 6.04 Å². The maximum atomic E-state index is 6.05. The maximum Gasteiger partial charge on any atom is 0.150 e. The van der Waals surface area contributed by atoms with E-state index in [0.717, 1.165) is 37.5 Å². The summed E-state index contributed by atoms with van der Waals surface area (Å²) in [6.45, 7) is 2.86. The van der Waals surface area contributed by atoms with Crippen LogP contribution in [0.3, 0.4) is 0 Å². The Morgan fingerprint density at radius 1 is 1.53 bits per heavy atom. The van der Waals surface area contributed by atoms with Gasteiger partial charge in [0, 0.05) is 18.9 Å². The standard InChI is InChI=1S/C12H15ClN6/c1-2-10-17-11-4-3-8(6-19(11)18-10)16-12-9(13)5-14-7-15-12/h5,7-8H,2-4,6H2,1H3,(H,14,15,16). The number of aryl methyl sites for hydroxylation is 2. The Kier molecular flexibility index (Phi) is 3.33. The lowest BCUT2D eigenvalue weighted by molar-refractivity contribution is 0.439. The average molecular weight is 279 g/mol. The highest BCUT2D eigenvalue weighted by molar-refractivity contribution is 6.32. The first kappa shape index (κ1) is 12.3. The van der Waals surface area contributed by atoms with E-state index >= 15 is 0 Å². The molecule has 0 fully saturated rings. The highest BCUT2D eigenvalue weighted by Crippen LogP contribution is 2.21. The van der Waals surface area contributed by atoms with Crippen LogP contribution in [0.1, 0.15) is 25.0 Å². The zero-order valence-electron chi connectivity index (χ0n) is 10.7. The van der Waals surface area contributed by atoms with Gasteiger partial charge in [-0.15, -0.1) is 0 Å². The number of rotatable bonds is 3. The first-order valence-electron chi connectivity index (χ1n) is 6.41. The van der Waals surface area contributed by atoms with E-state index in [0.29, 0.717) is 10.8 Å². The Morgan fingerprint density at radius 2 is 2.42 bits per heavy atom. The van der Waals surface area contributed by atoms with Gasteiger partial charge in [0.05, 0.1) is 12.7 Å². The minimum absolute atomic E-state index is 0.270. The molecule has 100 valence electrons. The van der Waals surface area contributed by atoms with Crippen molar-refractivity contribution in [3.05, 3.63) is 29.2 Å². The van der Waals surface area contributed by atoms with Crippen molar-refractivity contribution in [3.63, 3.8) is 0 Å². The number of hydrogen-bond donors (Lipinski definition) is 1. The lowest BCUT2D eigenvalue weighted by Crippen LogP contribution is -2.32. The first-order chi connectivity index (χ1) is 9.26. The molecule has 0 saturated carbocycles. The topological polar surface area (TPSA) is 68.5 Å². The molecule has 7 heteroatoms. The molecule has 0 saturated heterocycles. The van der Waals surface area contributed by atoms with Crippen LogP contribution >= 0.6 is 11.6 Å². The number of aromatic nitrogens is 5. The van der Waals surface area contributed by atoms with Crippen molar-refractivity contribution < 1.29 is 0 Å². The summed E-state index contributed by atoms with van der Waals surface area (Å²) in [7, 11) is 0. The molecule has 19 heavy (non-hydrogen) atoms. The number of anilines is 1. The van der Waals surface area contributed by atoms with E-state index in [4.69, 9.17) is 11.6 Å². The molecule has 6 nitrogen and oxygen atoms in total. The lowest BCUT2D eigenvalue weighted by atomic mass is 10.1. The molecule has 0 radical (unpaired) electrons. The van der Waals surface area contributed by atoms with Crippen molar-refractivity contribution in [2.24, 2.45) is 0 Å². The summed E-state index contributed by atoms with van der Waals surface area (Å²) in [6, 6.07) is 0.270. The smallest absolute Gasteiger partial charge is 0.150 e. The number of fused-ring (bicyclic) bond motifs is 1. The third-order valence-electron chi connectivity index (χ3n) is 3.23. The molecule has 2 aromatic heterocycles. The Morgan fingerprint density at radius 3 is 3.21 bits per heavy atom. The molecule has 1 atom stereocenters. The van der Waals surface area contributed by atoms with Gasteiger partial charge in [0.15, 0.2) is 5.82 Å². The van der Waals surface area contributed by atoms with Crippen LogP contribution in [0.5, 0.6) is 0 Å². The van der Waals surface area contributed by atoms with Crippen LogP contribution in [0, 0.1) is 0 Å². The van der Waals surface area contributed by atoms with Crippen molar-refractivity contribution >= 4 is 17.4 Å². The molecule has 0 aliphatic carbocycles. The molecule has 1 aliphatic rings. The second-order valence-electron chi connectivity index (χ2n) is 4.58. The van der Waals surface area contributed by atoms with Gasteiger partial charge in [-0.1, -0.05) is 18.5 Å². The molecular weight excluding hydrogens is 264 g/mol. The van der Waals surface area contributed by atoms with Crippen LogP contribution in [-0.4, -0.2) is 30.8 Å². The zero-order valence-corrected chi connectivity index (χ0v) is 11.4. The van der Waals surface area contributed by atoms with Gasteiger partial charge in [0.2, 0.25) is 0 Å². The largest absolute Gasteiger partial charge is 0.364 e. The average Bonchev–Trinajstić information content (AvgIpc) is 2.83. The van der Waals surface area contributed by atoms with Crippen LogP contribution in [0.25, 0.3) is 0 Å². The molecule has 2 aromatic rings. The number of nitrogens with zero attached hydrogens (tertiary/aromatic N) is 5. The zero-order chi connectivity index (χ0) is 13.2. The maximum absolute atomic E-state index is 6.05. The number of nitrogens with one attached hydrogen (secondary N) is 1. The molecule has 1 unspecified atom stereocenters. The SMILES string of the molecule is CCc1nc2n(n1)CC(Nc1ncncc1Cl)CC2. The predicted molar refractivity (Wildman–Crippen MR) is 72.2 cm³/mol. The fourth-order valence-electron chi connectivity index (χ4n) is 2.24. The van der Waals surface area contributed by atoms with E-state index in [1.165, 1.54) is 6.33 Å². The number of halogens is 1. The van der Waals surface area contributed by atoms with Gasteiger partial charge in [-0.2, -0.15) is 5.10 Å².